The summed E-state index contributed by atoms with van der Waals surface area (Å²) in [5.74, 6) is 1.65. The van der Waals surface area contributed by atoms with E-state index in [0.29, 0.717) is 11.3 Å². The van der Waals surface area contributed by atoms with Gasteiger partial charge in [-0.05, 0) is 50.2 Å². The van der Waals surface area contributed by atoms with Crippen LogP contribution in [-0.4, -0.2) is 40.8 Å². The summed E-state index contributed by atoms with van der Waals surface area (Å²) in [4.78, 5) is 4.44. The normalized spacial score (nSPS) is 26.2. The molecule has 5 heteroatoms. The van der Waals surface area contributed by atoms with Crippen LogP contribution in [0.3, 0.4) is 0 Å². The zero-order valence-electron chi connectivity index (χ0n) is 16.4. The first kappa shape index (κ1) is 19.4. The van der Waals surface area contributed by atoms with Crippen LogP contribution in [0.25, 0.3) is 0 Å². The van der Waals surface area contributed by atoms with Gasteiger partial charge < -0.3 is 10.6 Å². The van der Waals surface area contributed by atoms with Gasteiger partial charge in [0.15, 0.2) is 5.96 Å². The summed E-state index contributed by atoms with van der Waals surface area (Å²) in [6, 6.07) is 9.11. The third-order valence-electron chi connectivity index (χ3n) is 6.01. The van der Waals surface area contributed by atoms with Crippen molar-refractivity contribution in [3.05, 3.63) is 35.4 Å². The van der Waals surface area contributed by atoms with Crippen molar-refractivity contribution < 1.29 is 4.21 Å². The molecule has 0 amide bonds. The van der Waals surface area contributed by atoms with Gasteiger partial charge in [-0.25, -0.2) is 0 Å². The van der Waals surface area contributed by atoms with E-state index in [1.165, 1.54) is 24.0 Å². The van der Waals surface area contributed by atoms with Crippen LogP contribution in [-0.2, 0) is 16.2 Å². The van der Waals surface area contributed by atoms with Crippen LogP contribution in [0, 0.1) is 6.92 Å². The van der Waals surface area contributed by atoms with Gasteiger partial charge in [0, 0.05) is 46.9 Å². The summed E-state index contributed by atoms with van der Waals surface area (Å²) in [6.45, 7) is 5.15. The Balaban J connectivity index is 1.56. The molecule has 1 aromatic carbocycles. The van der Waals surface area contributed by atoms with Gasteiger partial charge in [-0.3, -0.25) is 9.20 Å². The molecular formula is C21H33N3OS. The summed E-state index contributed by atoms with van der Waals surface area (Å²) in [5, 5.41) is 7.49. The molecule has 0 heterocycles. The summed E-state index contributed by atoms with van der Waals surface area (Å²) in [6.07, 6.45) is 6.86. The molecule has 2 N–H and O–H groups in total. The topological polar surface area (TPSA) is 53.5 Å². The molecule has 0 aromatic heterocycles. The smallest absolute Gasteiger partial charge is 0.191 e. The molecule has 0 bridgehead atoms. The van der Waals surface area contributed by atoms with Gasteiger partial charge in [0.25, 0.3) is 0 Å². The lowest BCUT2D eigenvalue weighted by molar-refractivity contribution is 0.413. The molecule has 2 aliphatic rings. The number of benzene rings is 1. The second-order valence-electron chi connectivity index (χ2n) is 7.82. The highest BCUT2D eigenvalue weighted by Crippen LogP contribution is 2.48. The first-order valence-electron chi connectivity index (χ1n) is 9.98. The molecule has 3 atom stereocenters. The quantitative estimate of drug-likeness (QED) is 0.593. The average molecular weight is 376 g/mol. The van der Waals surface area contributed by atoms with Gasteiger partial charge >= 0.3 is 0 Å². The molecule has 0 spiro atoms. The monoisotopic (exact) mass is 375 g/mol. The molecule has 3 unspecified atom stereocenters. The van der Waals surface area contributed by atoms with Gasteiger partial charge in [-0.2, -0.15) is 0 Å². The van der Waals surface area contributed by atoms with E-state index in [1.54, 1.807) is 0 Å². The van der Waals surface area contributed by atoms with Crippen molar-refractivity contribution in [1.29, 1.82) is 0 Å². The minimum absolute atomic E-state index is 0.266. The van der Waals surface area contributed by atoms with Crippen LogP contribution < -0.4 is 10.6 Å². The summed E-state index contributed by atoms with van der Waals surface area (Å²) in [5.41, 5.74) is 3.12. The fraction of sp³-hybridized carbons (Fsp3) is 0.667. The number of aryl methyl sites for hydroxylation is 1. The molecule has 26 heavy (non-hydrogen) atoms. The van der Waals surface area contributed by atoms with Crippen LogP contribution in [0.15, 0.2) is 29.3 Å². The minimum Gasteiger partial charge on any atom is -0.356 e. The van der Waals surface area contributed by atoms with E-state index < -0.39 is 10.8 Å². The van der Waals surface area contributed by atoms with E-state index in [-0.39, 0.29) is 5.41 Å². The van der Waals surface area contributed by atoms with Crippen LogP contribution in [0.4, 0.5) is 0 Å². The van der Waals surface area contributed by atoms with Gasteiger partial charge in [-0.15, -0.1) is 0 Å². The third kappa shape index (κ3) is 4.48. The van der Waals surface area contributed by atoms with Crippen LogP contribution in [0.2, 0.25) is 0 Å². The predicted octanol–water partition coefficient (Wildman–Crippen LogP) is 3.27. The Morgan fingerprint density at radius 1 is 1.31 bits per heavy atom. The highest BCUT2D eigenvalue weighted by atomic mass is 32.2. The molecule has 2 aliphatic carbocycles. The van der Waals surface area contributed by atoms with E-state index in [0.717, 1.165) is 43.9 Å². The molecule has 0 radical (unpaired) electrons. The van der Waals surface area contributed by atoms with Crippen LogP contribution in [0.5, 0.6) is 0 Å². The Morgan fingerprint density at radius 2 is 2.08 bits per heavy atom. The zero-order valence-corrected chi connectivity index (χ0v) is 17.2. The Morgan fingerprint density at radius 3 is 2.73 bits per heavy atom. The van der Waals surface area contributed by atoms with E-state index in [2.05, 4.69) is 46.8 Å². The van der Waals surface area contributed by atoms with E-state index in [1.807, 2.05) is 14.0 Å². The van der Waals surface area contributed by atoms with Gasteiger partial charge in [-0.1, -0.05) is 37.6 Å². The zero-order chi connectivity index (χ0) is 18.6. The van der Waals surface area contributed by atoms with Gasteiger partial charge in [0.2, 0.25) is 0 Å². The Kier molecular flexibility index (Phi) is 6.38. The van der Waals surface area contributed by atoms with Crippen molar-refractivity contribution in [3.63, 3.8) is 0 Å². The van der Waals surface area contributed by atoms with Crippen LogP contribution >= 0.6 is 0 Å². The van der Waals surface area contributed by atoms with Gasteiger partial charge in [0.05, 0.1) is 0 Å². The standard InChI is InChI=1S/C21H33N3OS/c1-4-26(25)18-10-7-9-17(14-18)24-20(22-3)23-15-21(12-13-21)19-11-6-5-8-16(19)2/h5-6,8,11,17-18H,4,7,9-10,12-15H2,1-3H3,(H2,22,23,24). The minimum atomic E-state index is -0.687. The molecule has 3 rings (SSSR count). The average Bonchev–Trinajstić information content (AvgIpc) is 3.46. The highest BCUT2D eigenvalue weighted by molar-refractivity contribution is 7.85. The maximum Gasteiger partial charge on any atom is 0.191 e. The first-order chi connectivity index (χ1) is 12.6. The number of nitrogens with zero attached hydrogens (tertiary/aromatic N) is 1. The van der Waals surface area contributed by atoms with E-state index in [9.17, 15) is 4.21 Å². The van der Waals surface area contributed by atoms with Crippen molar-refractivity contribution in [2.45, 2.75) is 69.1 Å². The van der Waals surface area contributed by atoms with E-state index in [4.69, 9.17) is 0 Å². The Bertz CT molecular complexity index is 669. The van der Waals surface area contributed by atoms with Crippen molar-refractivity contribution in [3.8, 4) is 0 Å². The maximum atomic E-state index is 12.2. The van der Waals surface area contributed by atoms with Crippen molar-refractivity contribution in [2.75, 3.05) is 19.3 Å². The summed E-state index contributed by atoms with van der Waals surface area (Å²) >= 11 is 0. The van der Waals surface area contributed by atoms with Crippen molar-refractivity contribution in [2.24, 2.45) is 4.99 Å². The molecule has 0 saturated heterocycles. The molecule has 0 aliphatic heterocycles. The largest absolute Gasteiger partial charge is 0.356 e. The molecule has 144 valence electrons. The predicted molar refractivity (Wildman–Crippen MR) is 111 cm³/mol. The lowest BCUT2D eigenvalue weighted by Crippen LogP contribution is -2.48. The lowest BCUT2D eigenvalue weighted by Gasteiger charge is -2.30. The van der Waals surface area contributed by atoms with Crippen molar-refractivity contribution in [1.82, 2.24) is 10.6 Å². The highest BCUT2D eigenvalue weighted by Gasteiger charge is 2.45. The fourth-order valence-corrected chi connectivity index (χ4v) is 5.60. The molecule has 4 nitrogen and oxygen atoms in total. The number of rotatable bonds is 6. The van der Waals surface area contributed by atoms with Gasteiger partial charge in [0.1, 0.15) is 0 Å². The summed E-state index contributed by atoms with van der Waals surface area (Å²) < 4.78 is 12.2. The third-order valence-corrected chi connectivity index (χ3v) is 7.75. The van der Waals surface area contributed by atoms with Crippen LogP contribution in [0.1, 0.15) is 56.6 Å². The van der Waals surface area contributed by atoms with E-state index >= 15 is 0 Å². The fourth-order valence-electron chi connectivity index (χ4n) is 4.25. The summed E-state index contributed by atoms with van der Waals surface area (Å²) in [7, 11) is 1.15. The molecule has 2 fully saturated rings. The first-order valence-corrected chi connectivity index (χ1v) is 11.4. The number of hydrogen-bond acceptors (Lipinski definition) is 2. The molecular weight excluding hydrogens is 342 g/mol. The number of hydrogen-bond donors (Lipinski definition) is 2. The second-order valence-corrected chi connectivity index (χ2v) is 9.83. The number of nitrogens with one attached hydrogen (secondary N) is 2. The maximum absolute atomic E-state index is 12.2. The van der Waals surface area contributed by atoms with Crippen molar-refractivity contribution >= 4 is 16.8 Å². The Hall–Kier alpha value is -1.36. The lowest BCUT2D eigenvalue weighted by atomic mass is 9.92. The number of guanidine groups is 1. The second kappa shape index (κ2) is 8.55. The Labute approximate surface area is 160 Å². The number of aliphatic imine (C=N–C) groups is 1. The molecule has 1 aromatic rings. The molecule has 2 saturated carbocycles. The SMILES string of the molecule is CCS(=O)C1CCCC(NC(=NC)NCC2(c3ccccc3C)CC2)C1.